The molecule has 1 amide bonds. The van der Waals surface area contributed by atoms with Crippen molar-refractivity contribution in [2.45, 2.75) is 56.6 Å². The van der Waals surface area contributed by atoms with Gasteiger partial charge in [0, 0.05) is 58.5 Å². The number of nitrogens with zero attached hydrogens (tertiary/aromatic N) is 1. The van der Waals surface area contributed by atoms with E-state index in [2.05, 4.69) is 50.4 Å². The van der Waals surface area contributed by atoms with E-state index in [0.29, 0.717) is 25.7 Å². The van der Waals surface area contributed by atoms with Gasteiger partial charge in [-0.25, -0.2) is 0 Å². The second kappa shape index (κ2) is 10.7. The lowest BCUT2D eigenvalue weighted by molar-refractivity contribution is -0.124. The molecule has 30 heavy (non-hydrogen) atoms. The van der Waals surface area contributed by atoms with Gasteiger partial charge in [0.15, 0.2) is 0 Å². The van der Waals surface area contributed by atoms with Crippen LogP contribution in [0.4, 0.5) is 0 Å². The van der Waals surface area contributed by atoms with Crippen LogP contribution in [-0.2, 0) is 22.5 Å². The Morgan fingerprint density at radius 3 is 2.87 bits per heavy atom. The van der Waals surface area contributed by atoms with Crippen molar-refractivity contribution < 1.29 is 14.6 Å². The lowest BCUT2D eigenvalue weighted by Crippen LogP contribution is -2.62. The van der Waals surface area contributed by atoms with Crippen molar-refractivity contribution in [3.8, 4) is 0 Å². The summed E-state index contributed by atoms with van der Waals surface area (Å²) in [6, 6.07) is 8.67. The van der Waals surface area contributed by atoms with Crippen molar-refractivity contribution in [2.75, 3.05) is 39.5 Å². The van der Waals surface area contributed by atoms with Crippen LogP contribution >= 0.6 is 0 Å². The van der Waals surface area contributed by atoms with Crippen molar-refractivity contribution in [3.05, 3.63) is 35.4 Å². The molecule has 1 aromatic rings. The third-order valence-corrected chi connectivity index (χ3v) is 6.33. The Morgan fingerprint density at radius 2 is 2.03 bits per heavy atom. The summed E-state index contributed by atoms with van der Waals surface area (Å²) >= 11 is 0. The Hall–Kier alpha value is -1.55. The zero-order valence-electron chi connectivity index (χ0n) is 17.6. The molecular formula is C22H35N5O3. The lowest BCUT2D eigenvalue weighted by atomic mass is 10.00. The summed E-state index contributed by atoms with van der Waals surface area (Å²) in [6.45, 7) is 4.84. The number of benzene rings is 1. The van der Waals surface area contributed by atoms with Gasteiger partial charge in [0.25, 0.3) is 0 Å². The topological polar surface area (TPSA) is 97.9 Å². The molecule has 2 unspecified atom stereocenters. The third kappa shape index (κ3) is 6.00. The molecule has 0 bridgehead atoms. The smallest absolute Gasteiger partial charge is 0.237 e. The molecule has 8 nitrogen and oxygen atoms in total. The molecule has 5 N–H and O–H groups in total. The molecule has 166 valence electrons. The molecule has 1 aromatic carbocycles. The third-order valence-electron chi connectivity index (χ3n) is 6.33. The van der Waals surface area contributed by atoms with Gasteiger partial charge in [0.1, 0.15) is 0 Å². The Morgan fingerprint density at radius 1 is 1.23 bits per heavy atom. The van der Waals surface area contributed by atoms with Crippen LogP contribution in [0.15, 0.2) is 24.3 Å². The maximum atomic E-state index is 12.6. The van der Waals surface area contributed by atoms with Crippen LogP contribution in [-0.4, -0.2) is 79.8 Å². The minimum atomic E-state index is -0.572. The van der Waals surface area contributed by atoms with Crippen molar-refractivity contribution in [2.24, 2.45) is 0 Å². The first-order chi connectivity index (χ1) is 14.7. The van der Waals surface area contributed by atoms with Crippen LogP contribution in [0.5, 0.6) is 0 Å². The number of hydrogen-bond donors (Lipinski definition) is 5. The number of carbonyl (C=O) groups excluding carboxylic acids is 1. The largest absolute Gasteiger partial charge is 0.390 e. The maximum absolute atomic E-state index is 12.6. The molecule has 2 fully saturated rings. The summed E-state index contributed by atoms with van der Waals surface area (Å²) in [5, 5.41) is 23.6. The van der Waals surface area contributed by atoms with E-state index in [4.69, 9.17) is 4.74 Å². The van der Waals surface area contributed by atoms with Crippen LogP contribution in [0, 0.1) is 0 Å². The van der Waals surface area contributed by atoms with Gasteiger partial charge in [-0.3, -0.25) is 25.6 Å². The van der Waals surface area contributed by atoms with Gasteiger partial charge < -0.3 is 15.2 Å². The van der Waals surface area contributed by atoms with Gasteiger partial charge in [-0.15, -0.1) is 0 Å². The molecule has 3 aliphatic heterocycles. The number of amides is 1. The average molecular weight is 418 g/mol. The number of ether oxygens (including phenoxy) is 1. The summed E-state index contributed by atoms with van der Waals surface area (Å²) < 4.78 is 5.41. The van der Waals surface area contributed by atoms with E-state index in [1.807, 2.05) is 0 Å². The quantitative estimate of drug-likeness (QED) is 0.409. The molecule has 2 saturated heterocycles. The number of hydrogen-bond acceptors (Lipinski definition) is 7. The Balaban J connectivity index is 1.17. The Labute approximate surface area is 178 Å². The highest BCUT2D eigenvalue weighted by Crippen LogP contribution is 2.18. The van der Waals surface area contributed by atoms with Crippen molar-refractivity contribution in [1.29, 1.82) is 0 Å². The number of nitrogens with one attached hydrogen (secondary N) is 4. The first kappa shape index (κ1) is 21.7. The molecule has 4 rings (SSSR count). The van der Waals surface area contributed by atoms with Gasteiger partial charge in [-0.05, 0) is 30.4 Å². The van der Waals surface area contributed by atoms with Crippen molar-refractivity contribution in [3.63, 3.8) is 0 Å². The van der Waals surface area contributed by atoms with Gasteiger partial charge >= 0.3 is 0 Å². The second-order valence-corrected chi connectivity index (χ2v) is 8.63. The van der Waals surface area contributed by atoms with Gasteiger partial charge in [0.2, 0.25) is 5.91 Å². The van der Waals surface area contributed by atoms with Crippen LogP contribution < -0.4 is 21.3 Å². The van der Waals surface area contributed by atoms with Crippen LogP contribution in [0.25, 0.3) is 0 Å². The molecule has 8 heteroatoms. The molecule has 0 saturated carbocycles. The molecule has 0 radical (unpaired) electrons. The predicted octanol–water partition coefficient (Wildman–Crippen LogP) is -0.474. The normalized spacial score (nSPS) is 26.7. The number of fused-ring (bicyclic) bond motifs is 1. The SMILES string of the molecule is O=C(NC[C@H](O)CN1CCc2ccccc2C1)C1CC(NC2CCOCC2)NCN1. The summed E-state index contributed by atoms with van der Waals surface area (Å²) in [7, 11) is 0. The van der Waals surface area contributed by atoms with Gasteiger partial charge in [-0.2, -0.15) is 0 Å². The van der Waals surface area contributed by atoms with E-state index in [1.54, 1.807) is 0 Å². The zero-order valence-corrected chi connectivity index (χ0v) is 17.6. The fourth-order valence-corrected chi connectivity index (χ4v) is 4.60. The summed E-state index contributed by atoms with van der Waals surface area (Å²) in [6.07, 6.45) is 3.25. The second-order valence-electron chi connectivity index (χ2n) is 8.63. The number of β-amino-alcohol motifs (C(OH)–C–C–N with tert-alkyl or cyclic N) is 1. The lowest BCUT2D eigenvalue weighted by Gasteiger charge is -2.35. The molecule has 0 aromatic heterocycles. The zero-order chi connectivity index (χ0) is 20.8. The number of aliphatic hydroxyl groups excluding tert-OH is 1. The van der Waals surface area contributed by atoms with Crippen LogP contribution in [0.3, 0.4) is 0 Å². The van der Waals surface area contributed by atoms with E-state index in [-0.39, 0.29) is 24.7 Å². The van der Waals surface area contributed by atoms with Crippen molar-refractivity contribution in [1.82, 2.24) is 26.2 Å². The van der Waals surface area contributed by atoms with Crippen molar-refractivity contribution >= 4 is 5.91 Å². The fourth-order valence-electron chi connectivity index (χ4n) is 4.60. The maximum Gasteiger partial charge on any atom is 0.237 e. The molecule has 3 heterocycles. The van der Waals surface area contributed by atoms with E-state index in [0.717, 1.165) is 45.6 Å². The van der Waals surface area contributed by atoms with E-state index in [9.17, 15) is 9.90 Å². The molecule has 0 aliphatic carbocycles. The highest BCUT2D eigenvalue weighted by molar-refractivity contribution is 5.81. The number of carbonyl (C=O) groups is 1. The highest BCUT2D eigenvalue weighted by Gasteiger charge is 2.28. The molecule has 0 spiro atoms. The highest BCUT2D eigenvalue weighted by atomic mass is 16.5. The average Bonchev–Trinajstić information content (AvgIpc) is 2.78. The predicted molar refractivity (Wildman–Crippen MR) is 115 cm³/mol. The minimum Gasteiger partial charge on any atom is -0.390 e. The summed E-state index contributed by atoms with van der Waals surface area (Å²) in [4.78, 5) is 14.9. The first-order valence-corrected chi connectivity index (χ1v) is 11.2. The van der Waals surface area contributed by atoms with Crippen LogP contribution in [0.2, 0.25) is 0 Å². The summed E-state index contributed by atoms with van der Waals surface area (Å²) in [5.41, 5.74) is 2.74. The van der Waals surface area contributed by atoms with Crippen LogP contribution in [0.1, 0.15) is 30.4 Å². The fraction of sp³-hybridized carbons (Fsp3) is 0.682. The molecular weight excluding hydrogens is 382 g/mol. The number of aliphatic hydroxyl groups is 1. The van der Waals surface area contributed by atoms with Gasteiger partial charge in [0.05, 0.1) is 18.3 Å². The Bertz CT molecular complexity index is 697. The first-order valence-electron chi connectivity index (χ1n) is 11.2. The Kier molecular flexibility index (Phi) is 7.70. The molecule has 3 atom stereocenters. The standard InChI is InChI=1S/C22H35N5O3/c28-19(14-27-8-5-16-3-1-2-4-17(16)13-27)12-23-22(29)20-11-21(25-15-24-20)26-18-6-9-30-10-7-18/h1-4,18-21,24-26,28H,5-15H2,(H,23,29)/t19-,20?,21?/m0/s1. The van der Waals surface area contributed by atoms with E-state index >= 15 is 0 Å². The van der Waals surface area contributed by atoms with Gasteiger partial charge in [-0.1, -0.05) is 24.3 Å². The minimum absolute atomic E-state index is 0.0432. The monoisotopic (exact) mass is 417 g/mol. The number of rotatable bonds is 7. The molecule has 3 aliphatic rings. The van der Waals surface area contributed by atoms with E-state index in [1.165, 1.54) is 11.1 Å². The summed E-state index contributed by atoms with van der Waals surface area (Å²) in [5.74, 6) is -0.0432. The van der Waals surface area contributed by atoms with E-state index < -0.39 is 6.10 Å².